The summed E-state index contributed by atoms with van der Waals surface area (Å²) in [5.41, 5.74) is 1.77. The number of carbonyl (C=O) groups is 1. The van der Waals surface area contributed by atoms with Crippen LogP contribution in [0, 0.1) is 17.0 Å². The first-order valence-corrected chi connectivity index (χ1v) is 8.94. The van der Waals surface area contributed by atoms with Crippen LogP contribution >= 0.6 is 11.3 Å². The fraction of sp³-hybridized carbons (Fsp3) is 0.167. The number of thiazole rings is 1. The summed E-state index contributed by atoms with van der Waals surface area (Å²) in [5, 5.41) is 16.0. The molecule has 1 N–H and O–H groups in total. The van der Waals surface area contributed by atoms with Crippen molar-refractivity contribution in [1.82, 2.24) is 9.55 Å². The number of nitro groups is 1. The van der Waals surface area contributed by atoms with E-state index in [0.29, 0.717) is 10.7 Å². The molecular formula is C18H16N4O4S. The molecule has 0 aliphatic rings. The number of nitrogens with zero attached hydrogens (tertiary/aromatic N) is 3. The van der Waals surface area contributed by atoms with Crippen LogP contribution in [0.15, 0.2) is 52.8 Å². The summed E-state index contributed by atoms with van der Waals surface area (Å²) in [6.45, 7) is 2.02. The van der Waals surface area contributed by atoms with Gasteiger partial charge in [-0.1, -0.05) is 18.2 Å². The molecule has 2 heterocycles. The lowest BCUT2D eigenvalue weighted by molar-refractivity contribution is -0.385. The fourth-order valence-corrected chi connectivity index (χ4v) is 3.26. The molecule has 0 fully saturated rings. The van der Waals surface area contributed by atoms with Gasteiger partial charge < -0.3 is 9.88 Å². The Morgan fingerprint density at radius 1 is 1.30 bits per heavy atom. The van der Waals surface area contributed by atoms with Gasteiger partial charge in [-0.25, -0.2) is 4.98 Å². The van der Waals surface area contributed by atoms with E-state index >= 15 is 0 Å². The molecule has 1 aromatic carbocycles. The predicted octanol–water partition coefficient (Wildman–Crippen LogP) is 2.75. The number of para-hydroxylation sites is 1. The summed E-state index contributed by atoms with van der Waals surface area (Å²) in [7, 11) is 0. The number of anilines is 1. The Labute approximate surface area is 158 Å². The van der Waals surface area contributed by atoms with Gasteiger partial charge in [0.15, 0.2) is 0 Å². The zero-order chi connectivity index (χ0) is 19.4. The third-order valence-electron chi connectivity index (χ3n) is 3.84. The Morgan fingerprint density at radius 3 is 2.81 bits per heavy atom. The van der Waals surface area contributed by atoms with Gasteiger partial charge in [-0.15, -0.1) is 11.3 Å². The molecule has 0 unspecified atom stereocenters. The molecule has 0 aliphatic carbocycles. The third-order valence-corrected chi connectivity index (χ3v) is 4.74. The lowest BCUT2D eigenvalue weighted by atomic mass is 10.2. The Hall–Kier alpha value is -3.33. The zero-order valence-corrected chi connectivity index (χ0v) is 15.2. The van der Waals surface area contributed by atoms with Crippen molar-refractivity contribution in [2.45, 2.75) is 19.9 Å². The highest BCUT2D eigenvalue weighted by Gasteiger charge is 2.12. The van der Waals surface area contributed by atoms with E-state index in [1.54, 1.807) is 5.38 Å². The van der Waals surface area contributed by atoms with Gasteiger partial charge in [0.25, 0.3) is 11.2 Å². The first-order valence-electron chi connectivity index (χ1n) is 8.06. The summed E-state index contributed by atoms with van der Waals surface area (Å²) in [6, 6.07) is 9.81. The van der Waals surface area contributed by atoms with Gasteiger partial charge in [0.1, 0.15) is 5.01 Å². The third kappa shape index (κ3) is 4.64. The fourth-order valence-electron chi connectivity index (χ4n) is 2.47. The predicted molar refractivity (Wildman–Crippen MR) is 102 cm³/mol. The second-order valence-electron chi connectivity index (χ2n) is 5.88. The molecule has 2 aromatic heterocycles. The van der Waals surface area contributed by atoms with Crippen LogP contribution in [0.25, 0.3) is 0 Å². The normalized spacial score (nSPS) is 10.6. The molecule has 1 amide bonds. The van der Waals surface area contributed by atoms with E-state index in [4.69, 9.17) is 0 Å². The maximum Gasteiger partial charge on any atom is 0.285 e. The molecule has 8 nitrogen and oxygen atoms in total. The van der Waals surface area contributed by atoms with E-state index in [1.807, 2.05) is 31.2 Å². The van der Waals surface area contributed by atoms with Gasteiger partial charge in [-0.05, 0) is 18.6 Å². The molecule has 0 saturated carbocycles. The molecule has 0 aliphatic heterocycles. The number of pyridine rings is 1. The summed E-state index contributed by atoms with van der Waals surface area (Å²) in [6.07, 6.45) is 1.30. The Balaban J connectivity index is 1.68. The SMILES string of the molecule is Cc1ccccc1NC(=O)Cc1nc(Cn2cc([N+](=O)[O-])ccc2=O)cs1. The molecule has 27 heavy (non-hydrogen) atoms. The van der Waals surface area contributed by atoms with Crippen LogP contribution in [0.1, 0.15) is 16.3 Å². The highest BCUT2D eigenvalue weighted by atomic mass is 32.1. The number of hydrogen-bond donors (Lipinski definition) is 1. The molecule has 0 saturated heterocycles. The van der Waals surface area contributed by atoms with Crippen LogP contribution in [0.2, 0.25) is 0 Å². The van der Waals surface area contributed by atoms with Gasteiger partial charge in [0.2, 0.25) is 5.91 Å². The van der Waals surface area contributed by atoms with Gasteiger partial charge in [0, 0.05) is 23.2 Å². The second kappa shape index (κ2) is 7.92. The zero-order valence-electron chi connectivity index (χ0n) is 14.4. The van der Waals surface area contributed by atoms with Crippen molar-refractivity contribution >= 4 is 28.6 Å². The van der Waals surface area contributed by atoms with Crippen LogP contribution < -0.4 is 10.9 Å². The quantitative estimate of drug-likeness (QED) is 0.519. The second-order valence-corrected chi connectivity index (χ2v) is 6.83. The topological polar surface area (TPSA) is 107 Å². The number of nitrogens with one attached hydrogen (secondary N) is 1. The van der Waals surface area contributed by atoms with Gasteiger partial charge in [-0.3, -0.25) is 19.7 Å². The van der Waals surface area contributed by atoms with E-state index in [0.717, 1.165) is 17.3 Å². The van der Waals surface area contributed by atoms with Crippen LogP contribution in [-0.4, -0.2) is 20.4 Å². The Morgan fingerprint density at radius 2 is 2.07 bits per heavy atom. The van der Waals surface area contributed by atoms with Crippen LogP contribution in [0.4, 0.5) is 11.4 Å². The number of amides is 1. The molecule has 0 atom stereocenters. The van der Waals surface area contributed by atoms with E-state index in [-0.39, 0.29) is 30.1 Å². The maximum atomic E-state index is 12.2. The van der Waals surface area contributed by atoms with Crippen molar-refractivity contribution in [2.75, 3.05) is 5.32 Å². The van der Waals surface area contributed by atoms with E-state index in [9.17, 15) is 19.7 Å². The standard InChI is InChI=1S/C18H16N4O4S/c1-12-4-2-3-5-15(12)20-16(23)8-17-19-13(11-27-17)9-21-10-14(22(25)26)6-7-18(21)24/h2-7,10-11H,8-9H2,1H3,(H,20,23). The lowest BCUT2D eigenvalue weighted by Crippen LogP contribution is -2.19. The van der Waals surface area contributed by atoms with E-state index in [1.165, 1.54) is 28.2 Å². The molecule has 0 radical (unpaired) electrons. The molecule has 0 spiro atoms. The molecule has 0 bridgehead atoms. The first kappa shape index (κ1) is 18.5. The average molecular weight is 384 g/mol. The number of aromatic nitrogens is 2. The maximum absolute atomic E-state index is 12.2. The van der Waals surface area contributed by atoms with Crippen LogP contribution in [-0.2, 0) is 17.8 Å². The summed E-state index contributed by atoms with van der Waals surface area (Å²) in [4.78, 5) is 38.7. The number of carbonyl (C=O) groups excluding carboxylic acids is 1. The summed E-state index contributed by atoms with van der Waals surface area (Å²) in [5.74, 6) is -0.183. The highest BCUT2D eigenvalue weighted by Crippen LogP contribution is 2.16. The minimum absolute atomic E-state index is 0.108. The molecular weight excluding hydrogens is 368 g/mol. The average Bonchev–Trinajstić information content (AvgIpc) is 3.05. The highest BCUT2D eigenvalue weighted by molar-refractivity contribution is 7.09. The van der Waals surface area contributed by atoms with E-state index < -0.39 is 4.92 Å². The number of rotatable bonds is 6. The van der Waals surface area contributed by atoms with Gasteiger partial charge >= 0.3 is 0 Å². The first-order chi connectivity index (χ1) is 12.9. The number of aryl methyl sites for hydroxylation is 1. The minimum Gasteiger partial charge on any atom is -0.325 e. The van der Waals surface area contributed by atoms with Crippen molar-refractivity contribution in [3.05, 3.63) is 84.7 Å². The minimum atomic E-state index is -0.557. The van der Waals surface area contributed by atoms with E-state index in [2.05, 4.69) is 10.3 Å². The smallest absolute Gasteiger partial charge is 0.285 e. The van der Waals surface area contributed by atoms with Crippen molar-refractivity contribution in [3.8, 4) is 0 Å². The van der Waals surface area contributed by atoms with Crippen molar-refractivity contribution < 1.29 is 9.72 Å². The largest absolute Gasteiger partial charge is 0.325 e. The van der Waals surface area contributed by atoms with Crippen molar-refractivity contribution in [1.29, 1.82) is 0 Å². The summed E-state index contributed by atoms with van der Waals surface area (Å²) < 4.78 is 1.23. The Bertz CT molecular complexity index is 1060. The molecule has 3 aromatic rings. The molecule has 3 rings (SSSR count). The monoisotopic (exact) mass is 384 g/mol. The number of hydrogen-bond acceptors (Lipinski definition) is 6. The molecule has 138 valence electrons. The van der Waals surface area contributed by atoms with Gasteiger partial charge in [0.05, 0.1) is 29.8 Å². The Kier molecular flexibility index (Phi) is 5.41. The lowest BCUT2D eigenvalue weighted by Gasteiger charge is -2.06. The summed E-state index contributed by atoms with van der Waals surface area (Å²) >= 11 is 1.31. The van der Waals surface area contributed by atoms with Gasteiger partial charge in [-0.2, -0.15) is 0 Å². The van der Waals surface area contributed by atoms with Crippen LogP contribution in [0.3, 0.4) is 0 Å². The van der Waals surface area contributed by atoms with Crippen molar-refractivity contribution in [3.63, 3.8) is 0 Å². The number of benzene rings is 1. The van der Waals surface area contributed by atoms with Crippen LogP contribution in [0.5, 0.6) is 0 Å². The van der Waals surface area contributed by atoms with Crippen molar-refractivity contribution in [2.24, 2.45) is 0 Å². The molecule has 9 heteroatoms.